The molecular weight excluding hydrogens is 292 g/mol. The van der Waals surface area contributed by atoms with E-state index < -0.39 is 0 Å². The van der Waals surface area contributed by atoms with E-state index in [0.29, 0.717) is 6.04 Å². The number of aryl methyl sites for hydroxylation is 1. The third kappa shape index (κ3) is 8.35. The van der Waals surface area contributed by atoms with Crippen molar-refractivity contribution in [1.29, 1.82) is 0 Å². The summed E-state index contributed by atoms with van der Waals surface area (Å²) in [6.45, 7) is 10.4. The average molecular weight is 336 g/mol. The van der Waals surface area contributed by atoms with Gasteiger partial charge in [0.25, 0.3) is 5.82 Å². The van der Waals surface area contributed by atoms with Gasteiger partial charge in [-0.3, -0.25) is 0 Å². The number of aromatic nitrogens is 2. The average Bonchev–Trinajstić information content (AvgIpc) is 2.97. The van der Waals surface area contributed by atoms with Crippen LogP contribution in [-0.2, 0) is 13.0 Å². The maximum absolute atomic E-state index is 2.51. The lowest BCUT2D eigenvalue weighted by atomic mass is 10.1. The number of hydrogen-bond acceptors (Lipinski definition) is 0. The molecule has 0 radical (unpaired) electrons. The molecule has 0 spiro atoms. The second-order valence-electron chi connectivity index (χ2n) is 7.69. The molecule has 0 N–H and O–H groups in total. The van der Waals surface area contributed by atoms with Gasteiger partial charge in [-0.2, -0.15) is 0 Å². The van der Waals surface area contributed by atoms with Gasteiger partial charge in [-0.15, -0.1) is 0 Å². The Hall–Kier alpha value is -0.790. The first kappa shape index (κ1) is 21.3. The Balaban J connectivity index is 2.30. The minimum absolute atomic E-state index is 0.575. The van der Waals surface area contributed by atoms with Crippen molar-refractivity contribution in [3.05, 3.63) is 18.2 Å². The van der Waals surface area contributed by atoms with Crippen LogP contribution in [0.2, 0.25) is 0 Å². The van der Waals surface area contributed by atoms with E-state index in [9.17, 15) is 0 Å². The molecule has 24 heavy (non-hydrogen) atoms. The second kappa shape index (κ2) is 13.5. The van der Waals surface area contributed by atoms with Gasteiger partial charge in [0.2, 0.25) is 0 Å². The highest BCUT2D eigenvalue weighted by molar-refractivity contribution is 4.86. The summed E-state index contributed by atoms with van der Waals surface area (Å²) in [6.07, 6.45) is 22.5. The molecule has 0 aliphatic rings. The lowest BCUT2D eigenvalue weighted by Crippen LogP contribution is -2.37. The summed E-state index contributed by atoms with van der Waals surface area (Å²) in [6, 6.07) is 0.575. The van der Waals surface area contributed by atoms with Gasteiger partial charge in [-0.25, -0.2) is 9.13 Å². The van der Waals surface area contributed by atoms with E-state index in [0.717, 1.165) is 0 Å². The van der Waals surface area contributed by atoms with E-state index in [1.165, 1.54) is 90.0 Å². The van der Waals surface area contributed by atoms with Crippen LogP contribution in [0.15, 0.2) is 12.4 Å². The lowest BCUT2D eigenvalue weighted by Gasteiger charge is -2.08. The third-order valence-electron chi connectivity index (χ3n) is 5.10. The van der Waals surface area contributed by atoms with E-state index in [-0.39, 0.29) is 0 Å². The Kier molecular flexibility index (Phi) is 12.0. The van der Waals surface area contributed by atoms with Gasteiger partial charge in [-0.1, -0.05) is 71.6 Å². The van der Waals surface area contributed by atoms with Crippen molar-refractivity contribution in [2.75, 3.05) is 0 Å². The molecule has 0 saturated carbocycles. The first-order valence-electron chi connectivity index (χ1n) is 10.8. The Morgan fingerprint density at radius 1 is 0.792 bits per heavy atom. The topological polar surface area (TPSA) is 8.81 Å². The minimum Gasteiger partial charge on any atom is -0.234 e. The zero-order chi connectivity index (χ0) is 17.6. The van der Waals surface area contributed by atoms with Gasteiger partial charge in [-0.05, 0) is 33.1 Å². The molecule has 1 aromatic rings. The maximum atomic E-state index is 2.51. The quantitative estimate of drug-likeness (QED) is 0.251. The minimum atomic E-state index is 0.575. The molecule has 140 valence electrons. The van der Waals surface area contributed by atoms with E-state index in [1.807, 2.05) is 0 Å². The van der Waals surface area contributed by atoms with E-state index >= 15 is 0 Å². The molecule has 0 saturated heterocycles. The Morgan fingerprint density at radius 3 is 1.92 bits per heavy atom. The smallest absolute Gasteiger partial charge is 0.234 e. The van der Waals surface area contributed by atoms with Crippen molar-refractivity contribution in [1.82, 2.24) is 4.57 Å². The summed E-state index contributed by atoms with van der Waals surface area (Å²) in [5, 5.41) is 0. The zero-order valence-electron chi connectivity index (χ0n) is 17.0. The summed E-state index contributed by atoms with van der Waals surface area (Å²) < 4.78 is 5.00. The molecule has 0 atom stereocenters. The lowest BCUT2D eigenvalue weighted by molar-refractivity contribution is -0.704. The van der Waals surface area contributed by atoms with Gasteiger partial charge in [0, 0.05) is 6.42 Å². The summed E-state index contributed by atoms with van der Waals surface area (Å²) in [7, 11) is 0. The molecule has 2 nitrogen and oxygen atoms in total. The monoisotopic (exact) mass is 335 g/mol. The highest BCUT2D eigenvalue weighted by atomic mass is 15.2. The predicted molar refractivity (Wildman–Crippen MR) is 105 cm³/mol. The predicted octanol–water partition coefficient (Wildman–Crippen LogP) is 6.62. The van der Waals surface area contributed by atoms with Crippen LogP contribution < -0.4 is 4.57 Å². The Morgan fingerprint density at radius 2 is 1.33 bits per heavy atom. The van der Waals surface area contributed by atoms with Crippen LogP contribution in [0, 0.1) is 0 Å². The molecule has 0 fully saturated rings. The van der Waals surface area contributed by atoms with Crippen LogP contribution in [0.1, 0.15) is 117 Å². The first-order valence-corrected chi connectivity index (χ1v) is 10.8. The summed E-state index contributed by atoms with van der Waals surface area (Å²) in [5.74, 6) is 1.55. The third-order valence-corrected chi connectivity index (χ3v) is 5.10. The van der Waals surface area contributed by atoms with Gasteiger partial charge in [0.15, 0.2) is 0 Å². The molecule has 1 rings (SSSR count). The Labute approximate surface area is 151 Å². The van der Waals surface area contributed by atoms with Gasteiger partial charge in [0.05, 0.1) is 12.6 Å². The van der Waals surface area contributed by atoms with Crippen LogP contribution in [0.25, 0.3) is 0 Å². The SMILES string of the molecule is CCCCCCCCCCCc1n(C(C)C)cc[n+]1CCCCC. The molecule has 1 heterocycles. The first-order chi connectivity index (χ1) is 11.7. The van der Waals surface area contributed by atoms with Crippen LogP contribution in [0.3, 0.4) is 0 Å². The molecule has 0 unspecified atom stereocenters. The van der Waals surface area contributed by atoms with E-state index in [2.05, 4.69) is 49.2 Å². The molecule has 0 aliphatic heterocycles. The Bertz CT molecular complexity index is 406. The van der Waals surface area contributed by atoms with Crippen LogP contribution >= 0.6 is 0 Å². The number of unbranched alkanes of at least 4 members (excludes halogenated alkanes) is 10. The largest absolute Gasteiger partial charge is 0.256 e. The van der Waals surface area contributed by atoms with Crippen molar-refractivity contribution in [2.24, 2.45) is 0 Å². The molecular formula is C22H43N2+. The highest BCUT2D eigenvalue weighted by Gasteiger charge is 2.18. The van der Waals surface area contributed by atoms with Gasteiger partial charge in [0.1, 0.15) is 12.4 Å². The zero-order valence-corrected chi connectivity index (χ0v) is 17.0. The molecule has 2 heteroatoms. The number of nitrogens with zero attached hydrogens (tertiary/aromatic N) is 2. The summed E-state index contributed by atoms with van der Waals surface area (Å²) in [4.78, 5) is 0. The molecule has 0 amide bonds. The molecule has 0 aliphatic carbocycles. The fraction of sp³-hybridized carbons (Fsp3) is 0.864. The normalized spacial score (nSPS) is 11.5. The fourth-order valence-electron chi connectivity index (χ4n) is 3.55. The number of hydrogen-bond donors (Lipinski definition) is 0. The summed E-state index contributed by atoms with van der Waals surface area (Å²) in [5.41, 5.74) is 0. The van der Waals surface area contributed by atoms with Crippen LogP contribution in [-0.4, -0.2) is 4.57 Å². The van der Waals surface area contributed by atoms with Crippen LogP contribution in [0.5, 0.6) is 0 Å². The number of imidazole rings is 1. The molecule has 1 aromatic heterocycles. The van der Waals surface area contributed by atoms with Gasteiger partial charge >= 0.3 is 0 Å². The molecule has 0 aromatic carbocycles. The van der Waals surface area contributed by atoms with Crippen molar-refractivity contribution in [3.8, 4) is 0 Å². The van der Waals surface area contributed by atoms with Crippen molar-refractivity contribution >= 4 is 0 Å². The number of rotatable bonds is 15. The van der Waals surface area contributed by atoms with E-state index in [4.69, 9.17) is 0 Å². The van der Waals surface area contributed by atoms with Gasteiger partial charge < -0.3 is 0 Å². The molecule has 0 bridgehead atoms. The highest BCUT2D eigenvalue weighted by Crippen LogP contribution is 2.13. The second-order valence-corrected chi connectivity index (χ2v) is 7.69. The van der Waals surface area contributed by atoms with E-state index in [1.54, 1.807) is 5.82 Å². The van der Waals surface area contributed by atoms with Crippen molar-refractivity contribution < 1.29 is 4.57 Å². The maximum Gasteiger partial charge on any atom is 0.256 e. The van der Waals surface area contributed by atoms with Crippen LogP contribution in [0.4, 0.5) is 0 Å². The fourth-order valence-corrected chi connectivity index (χ4v) is 3.55. The standard InChI is InChI=1S/C22H43N2/c1-5-7-9-10-11-12-13-14-15-17-22-23(18-16-8-6-2)19-20-24(22)21(3)4/h19-21H,5-18H2,1-4H3/q+1. The van der Waals surface area contributed by atoms with Crippen molar-refractivity contribution in [3.63, 3.8) is 0 Å². The summed E-state index contributed by atoms with van der Waals surface area (Å²) >= 11 is 0. The van der Waals surface area contributed by atoms with Crippen molar-refractivity contribution in [2.45, 2.75) is 124 Å².